The first-order valence-corrected chi connectivity index (χ1v) is 2.89. The molecule has 5 nitrogen and oxygen atoms in total. The zero-order valence-electron chi connectivity index (χ0n) is 5.88. The van der Waals surface area contributed by atoms with Gasteiger partial charge in [-0.2, -0.15) is 0 Å². The first-order chi connectivity index (χ1) is 4.63. The molecular weight excluding hydrogens is 259 g/mol. The Morgan fingerprint density at radius 2 is 1.09 bits per heavy atom. The van der Waals surface area contributed by atoms with E-state index in [0.717, 1.165) is 0 Å². The molecule has 0 saturated carbocycles. The van der Waals surface area contributed by atoms with Gasteiger partial charge in [0.2, 0.25) is 0 Å². The fourth-order valence-electron chi connectivity index (χ4n) is 0.472. The van der Waals surface area contributed by atoms with Crippen LogP contribution in [-0.2, 0) is 0 Å². The molecule has 0 spiro atoms. The van der Waals surface area contributed by atoms with Crippen LogP contribution in [0.25, 0.3) is 0 Å². The number of rotatable bonds is 4. The second-order valence-electron chi connectivity index (χ2n) is 1.99. The van der Waals surface area contributed by atoms with Crippen LogP contribution in [0.2, 0.25) is 0 Å². The zero-order chi connectivity index (χ0) is 8.15. The molecule has 6 heteroatoms. The summed E-state index contributed by atoms with van der Waals surface area (Å²) in [5, 5.41) is 42.6. The normalized spacial score (nSPS) is 18.3. The molecule has 0 aromatic rings. The van der Waals surface area contributed by atoms with Crippen LogP contribution in [0.5, 0.6) is 0 Å². The molecule has 5 N–H and O–H groups in total. The molecule has 0 aromatic heterocycles. The molecule has 0 heterocycles. The van der Waals surface area contributed by atoms with Crippen molar-refractivity contribution in [3.8, 4) is 0 Å². The van der Waals surface area contributed by atoms with E-state index in [9.17, 15) is 0 Å². The second kappa shape index (κ2) is 7.26. The summed E-state index contributed by atoms with van der Waals surface area (Å²) in [6, 6.07) is 0. The molecule has 11 heavy (non-hydrogen) atoms. The van der Waals surface area contributed by atoms with Gasteiger partial charge in [-0.15, -0.1) is 0 Å². The average Bonchev–Trinajstić information content (AvgIpc) is 2.00. The van der Waals surface area contributed by atoms with Crippen molar-refractivity contribution in [2.45, 2.75) is 18.3 Å². The number of hydrogen-bond acceptors (Lipinski definition) is 5. The summed E-state index contributed by atoms with van der Waals surface area (Å²) in [7, 11) is 0. The fraction of sp³-hybridized carbons (Fsp3) is 1.00. The third kappa shape index (κ3) is 4.94. The van der Waals surface area contributed by atoms with Crippen molar-refractivity contribution in [3.05, 3.63) is 0 Å². The quantitative estimate of drug-likeness (QED) is 0.344. The van der Waals surface area contributed by atoms with Crippen LogP contribution in [0.15, 0.2) is 0 Å². The van der Waals surface area contributed by atoms with Gasteiger partial charge in [-0.3, -0.25) is 0 Å². The molecule has 0 aliphatic rings. The Bertz CT molecular complexity index is 80.9. The van der Waals surface area contributed by atoms with Gasteiger partial charge in [-0.25, -0.2) is 0 Å². The topological polar surface area (TPSA) is 101 Å². The van der Waals surface area contributed by atoms with E-state index in [1.54, 1.807) is 0 Å². The molecule has 0 aliphatic heterocycles. The largest absolute Gasteiger partial charge is 0.394 e. The number of aliphatic hydroxyl groups excluding tert-OH is 5. The summed E-state index contributed by atoms with van der Waals surface area (Å²) in [5.41, 5.74) is 0. The van der Waals surface area contributed by atoms with Gasteiger partial charge in [-0.05, 0) is 0 Å². The Kier molecular flexibility index (Phi) is 9.33. The van der Waals surface area contributed by atoms with Gasteiger partial charge in [0.15, 0.2) is 0 Å². The van der Waals surface area contributed by atoms with E-state index in [1.165, 1.54) is 0 Å². The first-order valence-electron chi connectivity index (χ1n) is 2.89. The van der Waals surface area contributed by atoms with Crippen molar-refractivity contribution < 1.29 is 25.5 Å². The van der Waals surface area contributed by atoms with E-state index in [4.69, 9.17) is 25.5 Å². The smallest absolute Gasteiger partial charge is 0.110 e. The molecule has 0 rings (SSSR count). The molecule has 3 atom stereocenters. The maximum atomic E-state index is 8.77. The third-order valence-electron chi connectivity index (χ3n) is 1.16. The Balaban J connectivity index is 0. The van der Waals surface area contributed by atoms with Crippen LogP contribution in [0, 0.1) is 0 Å². The average molecular weight is 271 g/mol. The molecule has 0 fully saturated rings. The fourth-order valence-corrected chi connectivity index (χ4v) is 0.472. The maximum absolute atomic E-state index is 8.77. The van der Waals surface area contributed by atoms with Crippen molar-refractivity contribution in [3.63, 3.8) is 0 Å². The Morgan fingerprint density at radius 3 is 1.27 bits per heavy atom. The van der Waals surface area contributed by atoms with E-state index in [-0.39, 0.29) is 23.9 Å². The summed E-state index contributed by atoms with van der Waals surface area (Å²) in [6.45, 7) is -1.28. The summed E-state index contributed by atoms with van der Waals surface area (Å²) in [4.78, 5) is 0. The maximum Gasteiger partial charge on any atom is 0.110 e. The van der Waals surface area contributed by atoms with Crippen molar-refractivity contribution in [1.29, 1.82) is 0 Å². The van der Waals surface area contributed by atoms with Crippen molar-refractivity contribution in [1.82, 2.24) is 0 Å². The molecule has 0 unspecified atom stereocenters. The summed E-state index contributed by atoms with van der Waals surface area (Å²) in [5.74, 6) is 0. The third-order valence-corrected chi connectivity index (χ3v) is 1.16. The van der Waals surface area contributed by atoms with E-state index in [0.29, 0.717) is 0 Å². The number of hydrogen-bond donors (Lipinski definition) is 5. The monoisotopic (exact) mass is 272 g/mol. The predicted molar refractivity (Wildman–Crippen MR) is 37.9 cm³/mol. The first kappa shape index (κ1) is 14.1. The molecule has 0 bridgehead atoms. The number of aliphatic hydroxyl groups is 5. The minimum absolute atomic E-state index is 0. The Labute approximate surface area is 81.2 Å². The molecule has 4 radical (unpaired) electrons. The molecule has 66 valence electrons. The zero-order valence-corrected chi connectivity index (χ0v) is 8.74. The summed E-state index contributed by atoms with van der Waals surface area (Å²) < 4.78 is 0. The molecule has 0 saturated heterocycles. The van der Waals surface area contributed by atoms with E-state index in [1.807, 2.05) is 0 Å². The second-order valence-corrected chi connectivity index (χ2v) is 1.99. The Hall–Kier alpha value is 0.599. The summed E-state index contributed by atoms with van der Waals surface area (Å²) >= 11 is 0. The van der Waals surface area contributed by atoms with Crippen LogP contribution in [0.1, 0.15) is 0 Å². The molecule has 0 aromatic carbocycles. The van der Waals surface area contributed by atoms with Gasteiger partial charge in [0.25, 0.3) is 0 Å². The van der Waals surface area contributed by atoms with Crippen molar-refractivity contribution in [2.75, 3.05) is 13.2 Å². The van der Waals surface area contributed by atoms with Gasteiger partial charge < -0.3 is 25.5 Å². The van der Waals surface area contributed by atoms with E-state index in [2.05, 4.69) is 0 Å². The van der Waals surface area contributed by atoms with E-state index < -0.39 is 31.5 Å². The SMILES string of the molecule is OC[C@@H](O)[C@@H](O)[C@@H](O)CO.[Sn]. The molecule has 0 aliphatic carbocycles. The van der Waals surface area contributed by atoms with Gasteiger partial charge in [-0.1, -0.05) is 0 Å². The van der Waals surface area contributed by atoms with Crippen LogP contribution < -0.4 is 0 Å². The van der Waals surface area contributed by atoms with E-state index >= 15 is 0 Å². The van der Waals surface area contributed by atoms with Crippen molar-refractivity contribution >= 4 is 23.9 Å². The van der Waals surface area contributed by atoms with Crippen molar-refractivity contribution in [2.24, 2.45) is 0 Å². The van der Waals surface area contributed by atoms with Crippen LogP contribution >= 0.6 is 0 Å². The Morgan fingerprint density at radius 1 is 0.818 bits per heavy atom. The predicted octanol–water partition coefficient (Wildman–Crippen LogP) is -3.33. The standard InChI is InChI=1S/C5H12O5.Sn/c6-1-3(8)5(10)4(9)2-7;/h3-10H,1-2H2;/t3-,4+,5-;. The van der Waals surface area contributed by atoms with Gasteiger partial charge >= 0.3 is 0 Å². The van der Waals surface area contributed by atoms with Gasteiger partial charge in [0.05, 0.1) is 13.2 Å². The van der Waals surface area contributed by atoms with Crippen LogP contribution in [0.3, 0.4) is 0 Å². The molecular formula is C5H12O5Sn. The summed E-state index contributed by atoms with van der Waals surface area (Å²) in [6.07, 6.45) is -4.29. The molecule has 0 amide bonds. The van der Waals surface area contributed by atoms with Gasteiger partial charge in [0.1, 0.15) is 18.3 Å². The van der Waals surface area contributed by atoms with Gasteiger partial charge in [0, 0.05) is 23.9 Å². The van der Waals surface area contributed by atoms with Crippen LogP contribution in [0.4, 0.5) is 0 Å². The van der Waals surface area contributed by atoms with Crippen LogP contribution in [-0.4, -0.2) is 81.0 Å². The minimum Gasteiger partial charge on any atom is -0.394 e. The minimum atomic E-state index is -1.49.